The van der Waals surface area contributed by atoms with E-state index in [1.807, 2.05) is 0 Å². The quantitative estimate of drug-likeness (QED) is 0.723. The highest BCUT2D eigenvalue weighted by molar-refractivity contribution is 7.99. The number of rotatable bonds is 7. The van der Waals surface area contributed by atoms with Crippen LogP contribution in [-0.4, -0.2) is 27.9 Å². The third-order valence-corrected chi connectivity index (χ3v) is 6.11. The minimum absolute atomic E-state index is 0.0321. The van der Waals surface area contributed by atoms with Gasteiger partial charge < -0.3 is 14.5 Å². The third kappa shape index (κ3) is 4.32. The van der Waals surface area contributed by atoms with Crippen LogP contribution in [0.25, 0.3) is 0 Å². The molecular weight excluding hydrogens is 374 g/mol. The second-order valence-electron chi connectivity index (χ2n) is 6.84. The Morgan fingerprint density at radius 1 is 1.27 bits per heavy atom. The lowest BCUT2D eigenvalue weighted by Crippen LogP contribution is -2.39. The van der Waals surface area contributed by atoms with Crippen LogP contribution >= 0.6 is 23.4 Å². The number of halogens is 1. The number of hydrogen-bond acceptors (Lipinski definition) is 6. The van der Waals surface area contributed by atoms with E-state index in [1.54, 1.807) is 24.3 Å². The first-order valence-corrected chi connectivity index (χ1v) is 10.1. The van der Waals surface area contributed by atoms with Gasteiger partial charge in [-0.15, -0.1) is 10.2 Å². The average molecular weight is 394 g/mol. The molecule has 4 rings (SSSR count). The van der Waals surface area contributed by atoms with Crippen LogP contribution in [-0.2, 0) is 11.4 Å². The van der Waals surface area contributed by atoms with E-state index in [4.69, 9.17) is 20.8 Å². The topological polar surface area (TPSA) is 77.2 Å². The van der Waals surface area contributed by atoms with Gasteiger partial charge in [0, 0.05) is 11.1 Å². The molecule has 1 N–H and O–H groups in total. The number of nitrogens with zero attached hydrogens (tertiary/aromatic N) is 2. The summed E-state index contributed by atoms with van der Waals surface area (Å²) < 4.78 is 11.1. The van der Waals surface area contributed by atoms with Crippen molar-refractivity contribution in [1.82, 2.24) is 15.5 Å². The lowest BCUT2D eigenvalue weighted by atomic mass is 9.95. The molecule has 0 aliphatic heterocycles. The molecule has 2 bridgehead atoms. The van der Waals surface area contributed by atoms with Crippen molar-refractivity contribution in [3.63, 3.8) is 0 Å². The first-order chi connectivity index (χ1) is 12.7. The Hall–Kier alpha value is -1.73. The Morgan fingerprint density at radius 2 is 2.12 bits per heavy atom. The summed E-state index contributed by atoms with van der Waals surface area (Å²) in [5, 5.41) is 12.1. The Bertz CT molecular complexity index is 767. The lowest BCUT2D eigenvalue weighted by Gasteiger charge is -2.22. The lowest BCUT2D eigenvalue weighted by molar-refractivity contribution is -0.119. The molecule has 2 aromatic rings. The van der Waals surface area contributed by atoms with Gasteiger partial charge in [0.1, 0.15) is 5.75 Å². The predicted octanol–water partition coefficient (Wildman–Crippen LogP) is 3.70. The molecule has 8 heteroatoms. The molecule has 3 atom stereocenters. The Morgan fingerprint density at radius 3 is 2.85 bits per heavy atom. The van der Waals surface area contributed by atoms with Crippen LogP contribution in [0.15, 0.2) is 33.9 Å². The van der Waals surface area contributed by atoms with Gasteiger partial charge in [0.15, 0.2) is 6.61 Å². The molecule has 2 fully saturated rings. The molecule has 138 valence electrons. The van der Waals surface area contributed by atoms with Crippen LogP contribution in [0, 0.1) is 11.8 Å². The molecule has 0 radical (unpaired) electrons. The van der Waals surface area contributed by atoms with Gasteiger partial charge in [0.05, 0.1) is 5.75 Å². The summed E-state index contributed by atoms with van der Waals surface area (Å²) in [6.07, 6.45) is 4.99. The van der Waals surface area contributed by atoms with Crippen LogP contribution in [0.1, 0.15) is 31.6 Å². The van der Waals surface area contributed by atoms with E-state index in [0.717, 1.165) is 12.3 Å². The molecule has 1 aromatic carbocycles. The minimum Gasteiger partial charge on any atom is -0.484 e. The second-order valence-corrected chi connectivity index (χ2v) is 8.20. The first kappa shape index (κ1) is 17.7. The molecule has 0 unspecified atom stereocenters. The Balaban J connectivity index is 1.20. The van der Waals surface area contributed by atoms with Gasteiger partial charge in [-0.2, -0.15) is 0 Å². The average Bonchev–Trinajstić information content (AvgIpc) is 3.36. The van der Waals surface area contributed by atoms with E-state index in [2.05, 4.69) is 15.5 Å². The van der Waals surface area contributed by atoms with Gasteiger partial charge in [-0.05, 0) is 55.4 Å². The maximum absolute atomic E-state index is 12.1. The van der Waals surface area contributed by atoms with Gasteiger partial charge >= 0.3 is 0 Å². The van der Waals surface area contributed by atoms with Gasteiger partial charge in [-0.1, -0.05) is 29.8 Å². The highest BCUT2D eigenvalue weighted by Gasteiger charge is 2.40. The number of thioether (sulfide) groups is 1. The van der Waals surface area contributed by atoms with E-state index < -0.39 is 0 Å². The number of amides is 1. The summed E-state index contributed by atoms with van der Waals surface area (Å²) in [4.78, 5) is 12.1. The maximum Gasteiger partial charge on any atom is 0.277 e. The van der Waals surface area contributed by atoms with Crippen LogP contribution in [0.3, 0.4) is 0 Å². The van der Waals surface area contributed by atoms with E-state index in [-0.39, 0.29) is 18.3 Å². The Labute approximate surface area is 161 Å². The number of carbonyl (C=O) groups excluding carboxylic acids is 1. The zero-order chi connectivity index (χ0) is 17.9. The van der Waals surface area contributed by atoms with Gasteiger partial charge in [0.2, 0.25) is 5.91 Å². The van der Waals surface area contributed by atoms with Crippen LogP contribution in [0.4, 0.5) is 0 Å². The van der Waals surface area contributed by atoms with E-state index in [0.29, 0.717) is 33.8 Å². The number of fused-ring (bicyclic) bond motifs is 2. The molecule has 6 nitrogen and oxygen atoms in total. The fourth-order valence-corrected chi connectivity index (χ4v) is 4.55. The number of hydrogen-bond donors (Lipinski definition) is 1. The number of carbonyl (C=O) groups is 1. The van der Waals surface area contributed by atoms with E-state index in [9.17, 15) is 4.79 Å². The molecule has 0 spiro atoms. The van der Waals surface area contributed by atoms with Crippen molar-refractivity contribution in [2.45, 2.75) is 43.6 Å². The molecule has 0 saturated heterocycles. The van der Waals surface area contributed by atoms with Crippen molar-refractivity contribution in [2.24, 2.45) is 11.8 Å². The number of nitrogens with one attached hydrogen (secondary N) is 1. The third-order valence-electron chi connectivity index (χ3n) is 5.04. The standard InChI is InChI=1S/C18H20ClN3O3S/c19-13-3-5-14(6-4-13)24-9-17-21-22-18(25-17)26-10-16(23)20-15-8-11-1-2-12(15)7-11/h3-6,11-12,15H,1-2,7-10H2,(H,20,23)/t11-,12-,15-/m0/s1. The van der Waals surface area contributed by atoms with Gasteiger partial charge in [-0.25, -0.2) is 0 Å². The summed E-state index contributed by atoms with van der Waals surface area (Å²) in [7, 11) is 0. The van der Waals surface area contributed by atoms with Crippen molar-refractivity contribution in [1.29, 1.82) is 0 Å². The zero-order valence-electron chi connectivity index (χ0n) is 14.2. The monoisotopic (exact) mass is 393 g/mol. The van der Waals surface area contributed by atoms with Crippen LogP contribution in [0.2, 0.25) is 5.02 Å². The highest BCUT2D eigenvalue weighted by atomic mass is 35.5. The zero-order valence-corrected chi connectivity index (χ0v) is 15.8. The fourth-order valence-electron chi connectivity index (χ4n) is 3.83. The van der Waals surface area contributed by atoms with Crippen molar-refractivity contribution in [3.05, 3.63) is 35.2 Å². The minimum atomic E-state index is 0.0321. The summed E-state index contributed by atoms with van der Waals surface area (Å²) in [5.41, 5.74) is 0. The largest absolute Gasteiger partial charge is 0.484 e. The summed E-state index contributed by atoms with van der Waals surface area (Å²) in [6, 6.07) is 7.40. The second kappa shape index (κ2) is 7.88. The van der Waals surface area contributed by atoms with Crippen molar-refractivity contribution < 1.29 is 13.9 Å². The molecule has 1 aromatic heterocycles. The maximum atomic E-state index is 12.1. The molecule has 2 aliphatic rings. The smallest absolute Gasteiger partial charge is 0.277 e. The number of ether oxygens (including phenoxy) is 1. The fraction of sp³-hybridized carbons (Fsp3) is 0.500. The van der Waals surface area contributed by atoms with Crippen molar-refractivity contribution in [3.8, 4) is 5.75 Å². The molecular formula is C18H20ClN3O3S. The predicted molar refractivity (Wildman–Crippen MR) is 98.2 cm³/mol. The number of benzene rings is 1. The van der Waals surface area contributed by atoms with E-state index in [1.165, 1.54) is 31.0 Å². The molecule has 2 aliphatic carbocycles. The Kier molecular flexibility index (Phi) is 5.36. The molecule has 2 saturated carbocycles. The van der Waals surface area contributed by atoms with Crippen LogP contribution in [0.5, 0.6) is 5.75 Å². The van der Waals surface area contributed by atoms with Crippen molar-refractivity contribution >= 4 is 29.3 Å². The summed E-state index contributed by atoms with van der Waals surface area (Å²) in [6.45, 7) is 0.173. The molecule has 1 heterocycles. The normalized spacial score (nSPS) is 24.0. The van der Waals surface area contributed by atoms with Gasteiger partial charge in [-0.3, -0.25) is 4.79 Å². The number of aromatic nitrogens is 2. The van der Waals surface area contributed by atoms with Gasteiger partial charge in [0.25, 0.3) is 11.1 Å². The summed E-state index contributed by atoms with van der Waals surface area (Å²) in [5.74, 6) is 2.85. The van der Waals surface area contributed by atoms with Crippen molar-refractivity contribution in [2.75, 3.05) is 5.75 Å². The van der Waals surface area contributed by atoms with Crippen LogP contribution < -0.4 is 10.1 Å². The SMILES string of the molecule is O=C(CSc1nnc(COc2ccc(Cl)cc2)o1)N[C@H]1C[C@H]2CC[C@H]1C2. The summed E-state index contributed by atoms with van der Waals surface area (Å²) >= 11 is 7.08. The first-order valence-electron chi connectivity index (χ1n) is 8.78. The highest BCUT2D eigenvalue weighted by Crippen LogP contribution is 2.44. The molecule has 1 amide bonds. The van der Waals surface area contributed by atoms with E-state index >= 15 is 0 Å². The molecule has 26 heavy (non-hydrogen) atoms.